The van der Waals surface area contributed by atoms with Crippen molar-refractivity contribution < 1.29 is 9.13 Å². The monoisotopic (exact) mass is 430 g/mol. The third kappa shape index (κ3) is 2.83. The Balaban J connectivity index is 1.67. The van der Waals surface area contributed by atoms with Gasteiger partial charge in [0.25, 0.3) is 0 Å². The minimum atomic E-state index is -0.535. The van der Waals surface area contributed by atoms with Gasteiger partial charge < -0.3 is 10.1 Å². The van der Waals surface area contributed by atoms with Gasteiger partial charge in [0.2, 0.25) is 5.95 Å². The number of hydrogen-bond donors (Lipinski definition) is 1. The molecule has 0 radical (unpaired) electrons. The molecule has 0 aliphatic carbocycles. The molecule has 0 bridgehead atoms. The maximum Gasteiger partial charge on any atom is 0.226 e. The maximum atomic E-state index is 15.1. The van der Waals surface area contributed by atoms with Gasteiger partial charge >= 0.3 is 0 Å². The zero-order valence-corrected chi connectivity index (χ0v) is 16.9. The van der Waals surface area contributed by atoms with Gasteiger partial charge in [0.1, 0.15) is 30.0 Å². The predicted molar refractivity (Wildman–Crippen MR) is 116 cm³/mol. The number of hydrogen-bond acceptors (Lipinski definition) is 4. The van der Waals surface area contributed by atoms with E-state index in [1.54, 1.807) is 22.9 Å². The lowest BCUT2D eigenvalue weighted by Crippen LogP contribution is -2.32. The fourth-order valence-corrected chi connectivity index (χ4v) is 4.51. The summed E-state index contributed by atoms with van der Waals surface area (Å²) in [7, 11) is 0. The molecule has 2 atom stereocenters. The van der Waals surface area contributed by atoms with Gasteiger partial charge in [0.05, 0.1) is 5.70 Å². The summed E-state index contributed by atoms with van der Waals surface area (Å²) >= 11 is 6.32. The van der Waals surface area contributed by atoms with E-state index in [2.05, 4.69) is 15.4 Å². The molecule has 2 aliphatic rings. The average molecular weight is 431 g/mol. The van der Waals surface area contributed by atoms with E-state index >= 15 is 4.39 Å². The molecule has 2 aliphatic heterocycles. The highest BCUT2D eigenvalue weighted by molar-refractivity contribution is 6.30. The van der Waals surface area contributed by atoms with Crippen LogP contribution in [-0.4, -0.2) is 14.8 Å². The molecular formula is C24H16ClFN4O. The van der Waals surface area contributed by atoms with Crippen LogP contribution in [0.2, 0.25) is 5.02 Å². The molecule has 31 heavy (non-hydrogen) atoms. The molecule has 5 nitrogen and oxygen atoms in total. The number of anilines is 1. The van der Waals surface area contributed by atoms with Crippen molar-refractivity contribution in [2.24, 2.45) is 0 Å². The molecule has 1 N–H and O–H groups in total. The van der Waals surface area contributed by atoms with Crippen LogP contribution in [0.15, 0.2) is 84.7 Å². The standard InChI is InChI=1S/C24H16ClFN4O/c25-15-10-11-19-17(12-15)21-20(23(31-19)14-6-2-1-3-7-14)22(16-8-4-5-9-18(16)26)30-24(29-21)27-13-28-30/h1-13,22-23H,(H,27,28,29). The largest absolute Gasteiger partial charge is 0.480 e. The summed E-state index contributed by atoms with van der Waals surface area (Å²) in [4.78, 5) is 4.36. The van der Waals surface area contributed by atoms with Crippen LogP contribution in [0.5, 0.6) is 5.75 Å². The zero-order chi connectivity index (χ0) is 20.9. The number of aromatic nitrogens is 3. The first-order valence-corrected chi connectivity index (χ1v) is 10.2. The zero-order valence-electron chi connectivity index (χ0n) is 16.2. The van der Waals surface area contributed by atoms with Crippen molar-refractivity contribution in [3.8, 4) is 5.75 Å². The van der Waals surface area contributed by atoms with Gasteiger partial charge in [-0.3, -0.25) is 0 Å². The molecule has 0 saturated heterocycles. The summed E-state index contributed by atoms with van der Waals surface area (Å²) in [6, 6.07) is 21.6. The average Bonchev–Trinajstić information content (AvgIpc) is 3.27. The second kappa shape index (κ2) is 6.96. The number of rotatable bonds is 2. The van der Waals surface area contributed by atoms with Crippen LogP contribution >= 0.6 is 11.6 Å². The van der Waals surface area contributed by atoms with E-state index in [4.69, 9.17) is 16.3 Å². The van der Waals surface area contributed by atoms with Gasteiger partial charge in [-0.05, 0) is 29.8 Å². The maximum absolute atomic E-state index is 15.1. The Morgan fingerprint density at radius 2 is 1.81 bits per heavy atom. The summed E-state index contributed by atoms with van der Waals surface area (Å²) in [6.07, 6.45) is 1.02. The molecule has 1 aromatic heterocycles. The molecule has 0 spiro atoms. The summed E-state index contributed by atoms with van der Waals surface area (Å²) < 4.78 is 23.2. The number of nitrogens with one attached hydrogen (secondary N) is 1. The van der Waals surface area contributed by atoms with Crippen LogP contribution in [-0.2, 0) is 0 Å². The molecule has 0 fully saturated rings. The van der Waals surface area contributed by atoms with Crippen LogP contribution in [0.1, 0.15) is 28.8 Å². The van der Waals surface area contributed by atoms with Crippen LogP contribution < -0.4 is 10.1 Å². The second-order valence-corrected chi connectivity index (χ2v) is 7.89. The number of halogens is 2. The molecule has 3 aromatic carbocycles. The van der Waals surface area contributed by atoms with Crippen molar-refractivity contribution in [2.45, 2.75) is 12.1 Å². The summed E-state index contributed by atoms with van der Waals surface area (Å²) in [5.74, 6) is 0.919. The van der Waals surface area contributed by atoms with Crippen molar-refractivity contribution >= 4 is 23.2 Å². The Labute approximate surface area is 182 Å². The van der Waals surface area contributed by atoms with Crippen LogP contribution in [0.25, 0.3) is 5.70 Å². The fraction of sp³-hybridized carbons (Fsp3) is 0.0833. The Morgan fingerprint density at radius 3 is 2.65 bits per heavy atom. The first-order valence-electron chi connectivity index (χ1n) is 9.87. The van der Waals surface area contributed by atoms with Gasteiger partial charge in [-0.2, -0.15) is 10.1 Å². The third-order valence-corrected chi connectivity index (χ3v) is 5.91. The summed E-state index contributed by atoms with van der Waals surface area (Å²) in [6.45, 7) is 0. The SMILES string of the molecule is Fc1ccccc1C1C2=C(Nc3ncnn31)c1cc(Cl)ccc1OC2c1ccccc1. The van der Waals surface area contributed by atoms with Gasteiger partial charge in [-0.15, -0.1) is 0 Å². The van der Waals surface area contributed by atoms with E-state index in [9.17, 15) is 0 Å². The van der Waals surface area contributed by atoms with E-state index < -0.39 is 12.1 Å². The molecule has 7 heteroatoms. The first-order chi connectivity index (χ1) is 15.2. The number of fused-ring (bicyclic) bond motifs is 3. The van der Waals surface area contributed by atoms with Gasteiger partial charge in [-0.25, -0.2) is 9.07 Å². The normalized spacial score (nSPS) is 19.0. The van der Waals surface area contributed by atoms with E-state index in [1.807, 2.05) is 48.5 Å². The fourth-order valence-electron chi connectivity index (χ4n) is 4.34. The predicted octanol–water partition coefficient (Wildman–Crippen LogP) is 5.63. The van der Waals surface area contributed by atoms with Crippen LogP contribution in [0, 0.1) is 5.82 Å². The lowest BCUT2D eigenvalue weighted by Gasteiger charge is -2.39. The van der Waals surface area contributed by atoms with Crippen molar-refractivity contribution in [1.29, 1.82) is 0 Å². The number of benzene rings is 3. The molecule has 6 rings (SSSR count). The molecule has 3 heterocycles. The van der Waals surface area contributed by atoms with Crippen molar-refractivity contribution in [2.75, 3.05) is 5.32 Å². The van der Waals surface area contributed by atoms with E-state index in [1.165, 1.54) is 12.4 Å². The van der Waals surface area contributed by atoms with Gasteiger partial charge in [-0.1, -0.05) is 60.1 Å². The van der Waals surface area contributed by atoms with Gasteiger partial charge in [0, 0.05) is 21.7 Å². The van der Waals surface area contributed by atoms with Gasteiger partial charge in [0.15, 0.2) is 0 Å². The van der Waals surface area contributed by atoms with E-state index in [0.717, 1.165) is 22.4 Å². The highest BCUT2D eigenvalue weighted by atomic mass is 35.5. The molecule has 0 saturated carbocycles. The van der Waals surface area contributed by atoms with Crippen LogP contribution in [0.3, 0.4) is 0 Å². The lowest BCUT2D eigenvalue weighted by atomic mass is 9.84. The highest BCUT2D eigenvalue weighted by Gasteiger charge is 2.41. The highest BCUT2D eigenvalue weighted by Crippen LogP contribution is 2.51. The molecular weight excluding hydrogens is 415 g/mol. The van der Waals surface area contributed by atoms with E-state index in [-0.39, 0.29) is 5.82 Å². The Kier molecular flexibility index (Phi) is 4.07. The summed E-state index contributed by atoms with van der Waals surface area (Å²) in [5.41, 5.74) is 3.93. The van der Waals surface area contributed by atoms with Crippen LogP contribution in [0.4, 0.5) is 10.3 Å². The summed E-state index contributed by atoms with van der Waals surface area (Å²) in [5, 5.41) is 8.38. The Hall–Kier alpha value is -3.64. The molecule has 152 valence electrons. The minimum Gasteiger partial charge on any atom is -0.480 e. The quantitative estimate of drug-likeness (QED) is 0.447. The molecule has 4 aromatic rings. The van der Waals surface area contributed by atoms with E-state index in [0.29, 0.717) is 22.3 Å². The van der Waals surface area contributed by atoms with Crippen molar-refractivity contribution in [3.63, 3.8) is 0 Å². The van der Waals surface area contributed by atoms with Crippen molar-refractivity contribution in [1.82, 2.24) is 14.8 Å². The lowest BCUT2D eigenvalue weighted by molar-refractivity contribution is 0.222. The molecule has 0 amide bonds. The Morgan fingerprint density at radius 1 is 1.00 bits per heavy atom. The first kappa shape index (κ1) is 18.2. The third-order valence-electron chi connectivity index (χ3n) is 5.68. The van der Waals surface area contributed by atoms with Crippen molar-refractivity contribution in [3.05, 3.63) is 112 Å². The smallest absolute Gasteiger partial charge is 0.226 e. The Bertz CT molecular complexity index is 1330. The number of ether oxygens (including phenoxy) is 1. The topological polar surface area (TPSA) is 52.0 Å². The minimum absolute atomic E-state index is 0.314. The molecule has 2 unspecified atom stereocenters. The number of nitrogens with zero attached hydrogens (tertiary/aromatic N) is 3. The second-order valence-electron chi connectivity index (χ2n) is 7.46.